The maximum atomic E-state index is 8.92. The number of hydrogen-bond acceptors (Lipinski definition) is 4. The lowest BCUT2D eigenvalue weighted by Gasteiger charge is -2.26. The molecule has 4 heteroatoms. The lowest BCUT2D eigenvalue weighted by Crippen LogP contribution is -2.38. The summed E-state index contributed by atoms with van der Waals surface area (Å²) in [5.74, 6) is 0. The Kier molecular flexibility index (Phi) is 5.70. The van der Waals surface area contributed by atoms with Crippen LogP contribution in [0.3, 0.4) is 0 Å². The molecule has 0 aromatic rings. The first-order valence-electron chi connectivity index (χ1n) is 4.18. The lowest BCUT2D eigenvalue weighted by atomic mass is 9.93. The van der Waals surface area contributed by atoms with Crippen molar-refractivity contribution in [3.63, 3.8) is 0 Å². The second-order valence-electron chi connectivity index (χ2n) is 3.48. The van der Waals surface area contributed by atoms with Crippen LogP contribution in [-0.4, -0.2) is 41.7 Å². The van der Waals surface area contributed by atoms with Crippen LogP contribution < -0.4 is 0 Å². The third-order valence-corrected chi connectivity index (χ3v) is 1.71. The average molecular weight is 190 g/mol. The molecule has 78 valence electrons. The second-order valence-corrected chi connectivity index (χ2v) is 3.48. The Labute approximate surface area is 78.5 Å². The van der Waals surface area contributed by atoms with E-state index in [0.717, 1.165) is 5.57 Å². The van der Waals surface area contributed by atoms with Gasteiger partial charge in [0.15, 0.2) is 0 Å². The van der Waals surface area contributed by atoms with Gasteiger partial charge in [-0.15, -0.1) is 0 Å². The quantitative estimate of drug-likeness (QED) is 0.511. The molecule has 0 aliphatic carbocycles. The summed E-state index contributed by atoms with van der Waals surface area (Å²) in [6, 6.07) is 0. The van der Waals surface area contributed by atoms with E-state index in [2.05, 4.69) is 0 Å². The van der Waals surface area contributed by atoms with Gasteiger partial charge >= 0.3 is 0 Å². The van der Waals surface area contributed by atoms with Crippen molar-refractivity contribution in [1.82, 2.24) is 0 Å². The molecule has 0 radical (unpaired) electrons. The fourth-order valence-electron chi connectivity index (χ4n) is 0.672. The fraction of sp³-hybridized carbons (Fsp3) is 0.778. The normalized spacial score (nSPS) is 11.2. The Bertz CT molecular complexity index is 149. The van der Waals surface area contributed by atoms with Gasteiger partial charge in [0.25, 0.3) is 0 Å². The third-order valence-electron chi connectivity index (χ3n) is 1.71. The van der Waals surface area contributed by atoms with Gasteiger partial charge in [-0.1, -0.05) is 0 Å². The van der Waals surface area contributed by atoms with E-state index in [0.29, 0.717) is 0 Å². The smallest absolute Gasteiger partial charge is 0.0995 e. The summed E-state index contributed by atoms with van der Waals surface area (Å²) in [7, 11) is 0. The maximum absolute atomic E-state index is 8.92. The van der Waals surface area contributed by atoms with Crippen molar-refractivity contribution in [2.45, 2.75) is 13.8 Å². The number of allylic oxidation sites excluding steroid dienone is 1. The van der Waals surface area contributed by atoms with E-state index in [1.807, 2.05) is 13.8 Å². The highest BCUT2D eigenvalue weighted by Gasteiger charge is 2.28. The van der Waals surface area contributed by atoms with Crippen LogP contribution in [0.25, 0.3) is 0 Å². The van der Waals surface area contributed by atoms with Crippen LogP contribution in [0, 0.1) is 5.41 Å². The van der Waals surface area contributed by atoms with Crippen molar-refractivity contribution in [2.75, 3.05) is 26.4 Å². The van der Waals surface area contributed by atoms with Crippen LogP contribution in [0.4, 0.5) is 0 Å². The van der Waals surface area contributed by atoms with Gasteiger partial charge in [0.2, 0.25) is 0 Å². The molecule has 0 aliphatic rings. The first-order chi connectivity index (χ1) is 6.10. The minimum absolute atomic E-state index is 0.113. The van der Waals surface area contributed by atoms with E-state index in [1.54, 1.807) is 0 Å². The van der Waals surface area contributed by atoms with Gasteiger partial charge in [0.1, 0.15) is 0 Å². The van der Waals surface area contributed by atoms with Crippen molar-refractivity contribution in [2.24, 2.45) is 5.41 Å². The van der Waals surface area contributed by atoms with E-state index < -0.39 is 5.41 Å². The molecule has 0 spiro atoms. The number of aliphatic hydroxyl groups excluding tert-OH is 3. The molecule has 13 heavy (non-hydrogen) atoms. The molecule has 0 bridgehead atoms. The predicted octanol–water partition coefficient (Wildman–Crippen LogP) is -0.110. The van der Waals surface area contributed by atoms with Crippen molar-refractivity contribution in [3.05, 3.63) is 11.8 Å². The Hall–Kier alpha value is -0.580. The maximum Gasteiger partial charge on any atom is 0.0995 e. The summed E-state index contributed by atoms with van der Waals surface area (Å²) >= 11 is 0. The molecule has 0 rings (SSSR count). The Morgan fingerprint density at radius 3 is 1.92 bits per heavy atom. The summed E-state index contributed by atoms with van der Waals surface area (Å²) in [4.78, 5) is 0. The van der Waals surface area contributed by atoms with Gasteiger partial charge in [-0.3, -0.25) is 0 Å². The summed E-state index contributed by atoms with van der Waals surface area (Å²) in [6.45, 7) is 2.97. The lowest BCUT2D eigenvalue weighted by molar-refractivity contribution is -0.0371. The van der Waals surface area contributed by atoms with Gasteiger partial charge in [-0.2, -0.15) is 0 Å². The summed E-state index contributed by atoms with van der Waals surface area (Å²) in [6.07, 6.45) is 1.54. The van der Waals surface area contributed by atoms with Crippen LogP contribution in [0.15, 0.2) is 11.8 Å². The zero-order valence-electron chi connectivity index (χ0n) is 8.16. The summed E-state index contributed by atoms with van der Waals surface area (Å²) in [5.41, 5.74) is 0.0501. The van der Waals surface area contributed by atoms with Crippen molar-refractivity contribution < 1.29 is 20.1 Å². The molecule has 0 fully saturated rings. The van der Waals surface area contributed by atoms with Crippen LogP contribution >= 0.6 is 0 Å². The molecular weight excluding hydrogens is 172 g/mol. The van der Waals surface area contributed by atoms with E-state index in [4.69, 9.17) is 20.1 Å². The molecule has 0 unspecified atom stereocenters. The molecule has 0 amide bonds. The monoisotopic (exact) mass is 190 g/mol. The van der Waals surface area contributed by atoms with Gasteiger partial charge in [-0.25, -0.2) is 0 Å². The van der Waals surface area contributed by atoms with E-state index in [9.17, 15) is 0 Å². The van der Waals surface area contributed by atoms with E-state index >= 15 is 0 Å². The Morgan fingerprint density at radius 2 is 1.62 bits per heavy atom. The fourth-order valence-corrected chi connectivity index (χ4v) is 0.672. The summed E-state index contributed by atoms with van der Waals surface area (Å²) in [5, 5.41) is 26.8. The number of ether oxygens (including phenoxy) is 1. The minimum atomic E-state index is -0.939. The molecule has 0 atom stereocenters. The minimum Gasteiger partial charge on any atom is -0.500 e. The summed E-state index contributed by atoms with van der Waals surface area (Å²) < 4.78 is 5.09. The average Bonchev–Trinajstić information content (AvgIpc) is 2.13. The Balaban J connectivity index is 4.03. The van der Waals surface area contributed by atoms with E-state index in [-0.39, 0.29) is 26.4 Å². The zero-order valence-corrected chi connectivity index (χ0v) is 8.16. The van der Waals surface area contributed by atoms with Gasteiger partial charge in [-0.05, 0) is 19.4 Å². The zero-order chi connectivity index (χ0) is 10.3. The molecule has 0 heterocycles. The van der Waals surface area contributed by atoms with Crippen molar-refractivity contribution in [1.29, 1.82) is 0 Å². The van der Waals surface area contributed by atoms with Gasteiger partial charge in [0.05, 0.1) is 38.1 Å². The molecular formula is C9H18O4. The Morgan fingerprint density at radius 1 is 1.15 bits per heavy atom. The highest BCUT2D eigenvalue weighted by molar-refractivity contribution is 4.87. The highest BCUT2D eigenvalue weighted by Crippen LogP contribution is 2.15. The van der Waals surface area contributed by atoms with Crippen molar-refractivity contribution in [3.8, 4) is 0 Å². The molecule has 0 saturated carbocycles. The third kappa shape index (κ3) is 4.26. The first kappa shape index (κ1) is 12.4. The molecule has 3 N–H and O–H groups in total. The highest BCUT2D eigenvalue weighted by atomic mass is 16.5. The first-order valence-corrected chi connectivity index (χ1v) is 4.18. The SMILES string of the molecule is CC(C)=COCC(CO)(CO)CO. The molecule has 0 saturated heterocycles. The van der Waals surface area contributed by atoms with Crippen LogP contribution in [0.2, 0.25) is 0 Å². The van der Waals surface area contributed by atoms with Gasteiger partial charge in [0, 0.05) is 0 Å². The van der Waals surface area contributed by atoms with Crippen LogP contribution in [-0.2, 0) is 4.74 Å². The molecule has 0 aromatic heterocycles. The van der Waals surface area contributed by atoms with Gasteiger partial charge < -0.3 is 20.1 Å². The standard InChI is InChI=1S/C9H18O4/c1-8(2)3-13-7-9(4-10,5-11)6-12/h3,10-12H,4-7H2,1-2H3. The molecule has 4 nitrogen and oxygen atoms in total. The molecule has 0 aromatic carbocycles. The van der Waals surface area contributed by atoms with Crippen molar-refractivity contribution >= 4 is 0 Å². The second kappa shape index (κ2) is 5.96. The number of rotatable bonds is 6. The number of hydrogen-bond donors (Lipinski definition) is 3. The predicted molar refractivity (Wildman–Crippen MR) is 49.1 cm³/mol. The van der Waals surface area contributed by atoms with Crippen LogP contribution in [0.5, 0.6) is 0 Å². The van der Waals surface area contributed by atoms with Crippen LogP contribution in [0.1, 0.15) is 13.8 Å². The topological polar surface area (TPSA) is 69.9 Å². The van der Waals surface area contributed by atoms with E-state index in [1.165, 1.54) is 6.26 Å². The number of aliphatic hydroxyl groups is 3. The molecule has 0 aliphatic heterocycles. The largest absolute Gasteiger partial charge is 0.500 e.